The molecule has 17 heavy (non-hydrogen) atoms. The summed E-state index contributed by atoms with van der Waals surface area (Å²) in [6.45, 7) is 10.8. The first-order valence-electron chi connectivity index (χ1n) is 6.76. The zero-order chi connectivity index (χ0) is 13.2. The molecule has 1 N–H and O–H groups in total. The van der Waals surface area contributed by atoms with Gasteiger partial charge in [-0.15, -0.1) is 0 Å². The Balaban J connectivity index is 2.99. The molecule has 1 aliphatic rings. The predicted octanol–water partition coefficient (Wildman–Crippen LogP) is 2.22. The molecule has 1 rings (SSSR count). The van der Waals surface area contributed by atoms with Crippen LogP contribution >= 0.6 is 0 Å². The van der Waals surface area contributed by atoms with E-state index in [-0.39, 0.29) is 22.5 Å². The molecule has 1 fully saturated rings. The Labute approximate surface area is 106 Å². The standard InChI is InChI=1S/C13H27NO2S/c1-6-14-12-8-10(4)7-11(5)13(12)17(15,16)9(2)3/h9-14H,6-8H2,1-5H3. The lowest BCUT2D eigenvalue weighted by Gasteiger charge is -2.40. The normalized spacial score (nSPS) is 35.2. The average Bonchev–Trinajstić information content (AvgIpc) is 2.15. The van der Waals surface area contributed by atoms with Gasteiger partial charge >= 0.3 is 0 Å². The highest BCUT2D eigenvalue weighted by atomic mass is 32.2. The van der Waals surface area contributed by atoms with E-state index >= 15 is 0 Å². The van der Waals surface area contributed by atoms with Crippen molar-refractivity contribution in [3.63, 3.8) is 0 Å². The lowest BCUT2D eigenvalue weighted by atomic mass is 9.80. The molecule has 102 valence electrons. The number of rotatable bonds is 4. The molecule has 4 atom stereocenters. The average molecular weight is 261 g/mol. The second kappa shape index (κ2) is 5.70. The van der Waals surface area contributed by atoms with Crippen LogP contribution < -0.4 is 5.32 Å². The summed E-state index contributed by atoms with van der Waals surface area (Å²) in [7, 11) is -3.01. The molecule has 0 aliphatic heterocycles. The third-order valence-electron chi connectivity index (χ3n) is 3.89. The number of hydrogen-bond acceptors (Lipinski definition) is 3. The van der Waals surface area contributed by atoms with Crippen LogP contribution in [0.2, 0.25) is 0 Å². The quantitative estimate of drug-likeness (QED) is 0.844. The molecule has 4 unspecified atom stereocenters. The Morgan fingerprint density at radius 3 is 2.29 bits per heavy atom. The maximum Gasteiger partial charge on any atom is 0.157 e. The fourth-order valence-electron chi connectivity index (χ4n) is 3.16. The second-order valence-corrected chi connectivity index (χ2v) is 8.49. The fraction of sp³-hybridized carbons (Fsp3) is 1.00. The summed E-state index contributed by atoms with van der Waals surface area (Å²) in [6, 6.07) is 0.131. The van der Waals surface area contributed by atoms with E-state index in [2.05, 4.69) is 19.2 Å². The van der Waals surface area contributed by atoms with Gasteiger partial charge in [-0.2, -0.15) is 0 Å². The van der Waals surface area contributed by atoms with E-state index in [1.54, 1.807) is 13.8 Å². The van der Waals surface area contributed by atoms with Crippen molar-refractivity contribution in [2.24, 2.45) is 11.8 Å². The summed E-state index contributed by atoms with van der Waals surface area (Å²) in [5.41, 5.74) is 0. The first-order valence-corrected chi connectivity index (χ1v) is 8.37. The van der Waals surface area contributed by atoms with Gasteiger partial charge < -0.3 is 5.32 Å². The van der Waals surface area contributed by atoms with Crippen LogP contribution in [0.15, 0.2) is 0 Å². The highest BCUT2D eigenvalue weighted by Gasteiger charge is 2.42. The molecule has 0 aromatic rings. The topological polar surface area (TPSA) is 46.2 Å². The van der Waals surface area contributed by atoms with Gasteiger partial charge in [0.2, 0.25) is 0 Å². The molecule has 0 heterocycles. The molecule has 0 aromatic carbocycles. The Morgan fingerprint density at radius 2 is 1.82 bits per heavy atom. The fourth-order valence-corrected chi connectivity index (χ4v) is 5.21. The lowest BCUT2D eigenvalue weighted by Crippen LogP contribution is -2.53. The molecule has 1 aliphatic carbocycles. The third kappa shape index (κ3) is 3.22. The zero-order valence-electron chi connectivity index (χ0n) is 11.7. The van der Waals surface area contributed by atoms with Crippen LogP contribution in [0.5, 0.6) is 0 Å². The maximum atomic E-state index is 12.4. The van der Waals surface area contributed by atoms with E-state index in [1.807, 2.05) is 6.92 Å². The van der Waals surface area contributed by atoms with Crippen molar-refractivity contribution >= 4 is 9.84 Å². The second-order valence-electron chi connectivity index (χ2n) is 5.82. The predicted molar refractivity (Wildman–Crippen MR) is 72.9 cm³/mol. The van der Waals surface area contributed by atoms with E-state index in [1.165, 1.54) is 0 Å². The molecular formula is C13H27NO2S. The van der Waals surface area contributed by atoms with Crippen LogP contribution in [0.3, 0.4) is 0 Å². The molecule has 3 nitrogen and oxygen atoms in total. The summed E-state index contributed by atoms with van der Waals surface area (Å²) in [5.74, 6) is 0.878. The van der Waals surface area contributed by atoms with Crippen molar-refractivity contribution in [3.05, 3.63) is 0 Å². The Hall–Kier alpha value is -0.0900. The van der Waals surface area contributed by atoms with Crippen LogP contribution in [0.25, 0.3) is 0 Å². The number of hydrogen-bond donors (Lipinski definition) is 1. The van der Waals surface area contributed by atoms with Crippen molar-refractivity contribution in [1.82, 2.24) is 5.32 Å². The van der Waals surface area contributed by atoms with E-state index in [0.29, 0.717) is 5.92 Å². The van der Waals surface area contributed by atoms with Crippen LogP contribution in [0, 0.1) is 11.8 Å². The van der Waals surface area contributed by atoms with Gasteiger partial charge in [0.1, 0.15) is 0 Å². The van der Waals surface area contributed by atoms with Gasteiger partial charge in [0.15, 0.2) is 9.84 Å². The summed E-state index contributed by atoms with van der Waals surface area (Å²) in [6.07, 6.45) is 2.01. The maximum absolute atomic E-state index is 12.4. The van der Waals surface area contributed by atoms with Crippen LogP contribution in [0.1, 0.15) is 47.5 Å². The summed E-state index contributed by atoms with van der Waals surface area (Å²) < 4.78 is 24.9. The van der Waals surface area contributed by atoms with Crippen molar-refractivity contribution in [2.75, 3.05) is 6.54 Å². The van der Waals surface area contributed by atoms with Gasteiger partial charge in [-0.05, 0) is 45.1 Å². The van der Waals surface area contributed by atoms with Crippen molar-refractivity contribution in [1.29, 1.82) is 0 Å². The molecule has 0 saturated heterocycles. The van der Waals surface area contributed by atoms with E-state index in [4.69, 9.17) is 0 Å². The summed E-state index contributed by atoms with van der Waals surface area (Å²) in [5, 5.41) is 2.89. The van der Waals surface area contributed by atoms with Gasteiger partial charge in [-0.1, -0.05) is 20.8 Å². The number of sulfone groups is 1. The lowest BCUT2D eigenvalue weighted by molar-refractivity contribution is 0.243. The van der Waals surface area contributed by atoms with E-state index in [0.717, 1.165) is 19.4 Å². The smallest absolute Gasteiger partial charge is 0.157 e. The van der Waals surface area contributed by atoms with E-state index in [9.17, 15) is 8.42 Å². The van der Waals surface area contributed by atoms with Crippen LogP contribution in [0.4, 0.5) is 0 Å². The largest absolute Gasteiger partial charge is 0.313 e. The molecular weight excluding hydrogens is 234 g/mol. The minimum Gasteiger partial charge on any atom is -0.313 e. The Bertz CT molecular complexity index is 337. The minimum absolute atomic E-state index is 0.131. The monoisotopic (exact) mass is 261 g/mol. The SMILES string of the molecule is CCNC1CC(C)CC(C)C1S(=O)(=O)C(C)C. The van der Waals surface area contributed by atoms with Crippen LogP contribution in [-0.2, 0) is 9.84 Å². The Kier molecular flexibility index (Phi) is 5.02. The number of nitrogens with one attached hydrogen (secondary N) is 1. The molecule has 0 radical (unpaired) electrons. The first kappa shape index (κ1) is 15.0. The van der Waals surface area contributed by atoms with Crippen molar-refractivity contribution < 1.29 is 8.42 Å². The third-order valence-corrected chi connectivity index (χ3v) is 6.76. The Morgan fingerprint density at radius 1 is 1.24 bits per heavy atom. The molecule has 0 spiro atoms. The van der Waals surface area contributed by atoms with Gasteiger partial charge in [-0.3, -0.25) is 0 Å². The van der Waals surface area contributed by atoms with Crippen LogP contribution in [-0.4, -0.2) is 31.5 Å². The van der Waals surface area contributed by atoms with E-state index < -0.39 is 9.84 Å². The highest BCUT2D eigenvalue weighted by Crippen LogP contribution is 2.34. The highest BCUT2D eigenvalue weighted by molar-refractivity contribution is 7.92. The van der Waals surface area contributed by atoms with Gasteiger partial charge in [0.25, 0.3) is 0 Å². The molecule has 4 heteroatoms. The summed E-state index contributed by atoms with van der Waals surface area (Å²) in [4.78, 5) is 0. The minimum atomic E-state index is -3.01. The molecule has 1 saturated carbocycles. The van der Waals surface area contributed by atoms with Crippen molar-refractivity contribution in [3.8, 4) is 0 Å². The summed E-state index contributed by atoms with van der Waals surface area (Å²) >= 11 is 0. The first-order chi connectivity index (χ1) is 7.80. The molecule has 0 bridgehead atoms. The molecule has 0 aromatic heterocycles. The van der Waals surface area contributed by atoms with Gasteiger partial charge in [-0.25, -0.2) is 8.42 Å². The van der Waals surface area contributed by atoms with Gasteiger partial charge in [0, 0.05) is 6.04 Å². The van der Waals surface area contributed by atoms with Crippen molar-refractivity contribution in [2.45, 2.75) is 64.0 Å². The zero-order valence-corrected chi connectivity index (χ0v) is 12.5. The van der Waals surface area contributed by atoms with Gasteiger partial charge in [0.05, 0.1) is 10.5 Å². The molecule has 0 amide bonds.